The highest BCUT2D eigenvalue weighted by Crippen LogP contribution is 2.40. The Hall–Kier alpha value is -6.44. The van der Waals surface area contributed by atoms with Gasteiger partial charge in [0.05, 0.1) is 0 Å². The molecule has 0 N–H and O–H groups in total. The molecule has 0 aliphatic heterocycles. The van der Waals surface area contributed by atoms with E-state index >= 15 is 0 Å². The second kappa shape index (κ2) is 15.2. The highest BCUT2D eigenvalue weighted by Gasteiger charge is 2.24. The molecule has 0 fully saturated rings. The number of rotatable bonds is 6. The van der Waals surface area contributed by atoms with E-state index < -0.39 is 0 Å². The van der Waals surface area contributed by atoms with Gasteiger partial charge in [-0.3, -0.25) is 0 Å². The molecular weight excluding hydrogens is 725 g/mol. The van der Waals surface area contributed by atoms with Crippen molar-refractivity contribution < 1.29 is 0 Å². The Labute approximate surface area is 366 Å². The largest absolute Gasteiger partial charge is 0.312 e. The van der Waals surface area contributed by atoms with E-state index in [0.29, 0.717) is 0 Å². The molecule has 0 aliphatic carbocycles. The summed E-state index contributed by atoms with van der Waals surface area (Å²) in [5.74, 6) is 0. The van der Waals surface area contributed by atoms with Crippen LogP contribution in [0.4, 0.5) is 17.1 Å². The fourth-order valence-electron chi connectivity index (χ4n) is 10.2. The highest BCUT2D eigenvalue weighted by molar-refractivity contribution is 6.66. The summed E-state index contributed by atoms with van der Waals surface area (Å²) in [6.07, 6.45) is 0. The maximum absolute atomic E-state index is 2.50. The van der Waals surface area contributed by atoms with Gasteiger partial charge in [-0.2, -0.15) is 0 Å². The summed E-state index contributed by atoms with van der Waals surface area (Å²) in [6.45, 7) is 0. The molecule has 0 unspecified atom stereocenters. The van der Waals surface area contributed by atoms with Crippen molar-refractivity contribution in [1.82, 2.24) is 0 Å². The van der Waals surface area contributed by atoms with Crippen molar-refractivity contribution in [2.75, 3.05) is 4.90 Å². The van der Waals surface area contributed by atoms with Gasteiger partial charge in [0.2, 0.25) is 0 Å². The minimum atomic E-state index is 1.13. The average molecular weight is 768 g/mol. The predicted molar refractivity (Wildman–Crippen MR) is 293 cm³/mol. The topological polar surface area (TPSA) is 3.24 Å². The maximum Gasteiger partial charge on any atom is 0.141 e. The first-order chi connectivity index (χ1) is 29.6. The zero-order valence-corrected chi connectivity index (χ0v) is 36.5. The smallest absolute Gasteiger partial charge is 0.141 e. The zero-order chi connectivity index (χ0) is 42.1. The lowest BCUT2D eigenvalue weighted by molar-refractivity contribution is 1.31. The monoisotopic (exact) mass is 769 g/mol. The summed E-state index contributed by atoms with van der Waals surface area (Å²) < 4.78 is 0. The second-order valence-electron chi connectivity index (χ2n) is 17.2. The van der Waals surface area contributed by atoms with E-state index in [2.05, 4.69) is 231 Å². The van der Waals surface area contributed by atoms with Gasteiger partial charge in [-0.25, -0.2) is 0 Å². The van der Waals surface area contributed by atoms with E-state index in [0.717, 1.165) is 11.4 Å². The van der Waals surface area contributed by atoms with Crippen molar-refractivity contribution >= 4 is 167 Å². The third kappa shape index (κ3) is 6.37. The summed E-state index contributed by atoms with van der Waals surface area (Å²) in [5.41, 5.74) is 21.9. The summed E-state index contributed by atoms with van der Waals surface area (Å²) >= 11 is 0. The second-order valence-corrected chi connectivity index (χ2v) is 17.2. The van der Waals surface area contributed by atoms with Crippen LogP contribution in [0.15, 0.2) is 164 Å². The van der Waals surface area contributed by atoms with E-state index in [9.17, 15) is 0 Å². The van der Waals surface area contributed by atoms with Crippen LogP contribution in [0.1, 0.15) is 0 Å². The van der Waals surface area contributed by atoms with Crippen LogP contribution in [0.3, 0.4) is 0 Å². The van der Waals surface area contributed by atoms with Crippen molar-refractivity contribution in [3.8, 4) is 33.4 Å². The first kappa shape index (κ1) is 38.7. The predicted octanol–water partition coefficient (Wildman–Crippen LogP) is 0.837. The minimum Gasteiger partial charge on any atom is -0.312 e. The van der Waals surface area contributed by atoms with Crippen LogP contribution in [0.25, 0.3) is 76.5 Å². The summed E-state index contributed by atoms with van der Waals surface area (Å²) in [6, 6.07) is 60.7. The first-order valence-electron chi connectivity index (χ1n) is 21.6. The fraction of sp³-hybridized carbons (Fsp3) is 0. The van der Waals surface area contributed by atoms with Gasteiger partial charge >= 0.3 is 0 Å². The highest BCUT2D eigenvalue weighted by atomic mass is 15.1. The van der Waals surface area contributed by atoms with Gasteiger partial charge in [0.15, 0.2) is 0 Å². The average Bonchev–Trinajstić information content (AvgIpc) is 3.30. The Morgan fingerprint density at radius 2 is 0.672 bits per heavy atom. The molecule has 0 bridgehead atoms. The van der Waals surface area contributed by atoms with E-state index in [1.165, 1.54) is 126 Å². The van der Waals surface area contributed by atoms with Crippen LogP contribution >= 0.6 is 0 Å². The molecule has 0 spiro atoms. The van der Waals surface area contributed by atoms with E-state index in [1.807, 2.05) is 0 Å². The van der Waals surface area contributed by atoms with Crippen molar-refractivity contribution in [2.24, 2.45) is 0 Å². The Balaban J connectivity index is 1.16. The molecule has 0 atom stereocenters. The van der Waals surface area contributed by atoms with Gasteiger partial charge in [0.25, 0.3) is 0 Å². The van der Waals surface area contributed by atoms with Crippen LogP contribution < -0.4 is 48.6 Å². The summed E-state index contributed by atoms with van der Waals surface area (Å²) in [4.78, 5) is 2.50. The lowest BCUT2D eigenvalue weighted by Crippen LogP contribution is -2.50. The molecule has 10 rings (SSSR count). The lowest BCUT2D eigenvalue weighted by Gasteiger charge is -2.33. The van der Waals surface area contributed by atoms with E-state index in [4.69, 9.17) is 0 Å². The van der Waals surface area contributed by atoms with Crippen molar-refractivity contribution in [2.45, 2.75) is 0 Å². The molecule has 0 heterocycles. The molecule has 1 nitrogen and oxygen atoms in total. The van der Waals surface area contributed by atoms with Gasteiger partial charge in [0, 0.05) is 17.1 Å². The van der Waals surface area contributed by atoms with Crippen LogP contribution in [0, 0.1) is 0 Å². The molecule has 280 valence electrons. The zero-order valence-electron chi connectivity index (χ0n) is 36.5. The van der Waals surface area contributed by atoms with Crippen molar-refractivity contribution in [3.05, 3.63) is 164 Å². The number of anilines is 3. The quantitative estimate of drug-likeness (QED) is 0.179. The molecule has 0 saturated carbocycles. The third-order valence-corrected chi connectivity index (χ3v) is 13.8. The number of fused-ring (bicyclic) bond motifs is 6. The molecule has 0 aromatic heterocycles. The Bertz CT molecular complexity index is 3210. The number of nitrogens with zero attached hydrogens (tertiary/aromatic N) is 1. The maximum atomic E-state index is 2.50. The normalized spacial score (nSPS) is 11.5. The van der Waals surface area contributed by atoms with Crippen LogP contribution in [-0.2, 0) is 0 Å². The van der Waals surface area contributed by atoms with Gasteiger partial charge in [-0.1, -0.05) is 166 Å². The van der Waals surface area contributed by atoms with Crippen LogP contribution in [0.2, 0.25) is 0 Å². The van der Waals surface area contributed by atoms with E-state index in [-0.39, 0.29) is 0 Å². The Morgan fingerprint density at radius 3 is 1.11 bits per heavy atom. The molecular formula is C52H43B8N. The minimum absolute atomic E-state index is 1.13. The number of benzene rings is 10. The van der Waals surface area contributed by atoms with E-state index in [1.54, 1.807) is 0 Å². The molecule has 0 radical (unpaired) electrons. The SMILES string of the molecule is Bc1cc(B)c(-c2c(B)c(B)c(N(c3ccc(-c4cc5ccccc5c5ccccc45)cc3)c3ccc(-c4cc5ccccc5c5ccccc45)cc3)c(B)c2B)c(B)c1B. The Morgan fingerprint density at radius 1 is 0.295 bits per heavy atom. The molecule has 0 aliphatic rings. The van der Waals surface area contributed by atoms with Crippen LogP contribution in [-0.4, -0.2) is 62.8 Å². The van der Waals surface area contributed by atoms with Gasteiger partial charge in [0.1, 0.15) is 62.8 Å². The summed E-state index contributed by atoms with van der Waals surface area (Å²) in [7, 11) is 18.4. The number of hydrogen-bond donors (Lipinski definition) is 0. The lowest BCUT2D eigenvalue weighted by atomic mass is 9.59. The Kier molecular flexibility index (Phi) is 9.67. The van der Waals surface area contributed by atoms with Gasteiger partial charge in [-0.15, -0.1) is 5.46 Å². The molecule has 9 heteroatoms. The first-order valence-corrected chi connectivity index (χ1v) is 21.6. The number of hydrogen-bond acceptors (Lipinski definition) is 1. The van der Waals surface area contributed by atoms with Crippen molar-refractivity contribution in [3.63, 3.8) is 0 Å². The molecule has 10 aromatic carbocycles. The third-order valence-electron chi connectivity index (χ3n) is 13.8. The summed E-state index contributed by atoms with van der Waals surface area (Å²) in [5, 5.41) is 10.2. The van der Waals surface area contributed by atoms with Crippen molar-refractivity contribution in [1.29, 1.82) is 0 Å². The van der Waals surface area contributed by atoms with Gasteiger partial charge < -0.3 is 4.90 Å². The molecule has 61 heavy (non-hydrogen) atoms. The van der Waals surface area contributed by atoms with Gasteiger partial charge in [-0.05, 0) is 113 Å². The molecule has 10 aromatic rings. The van der Waals surface area contributed by atoms with Crippen LogP contribution in [0.5, 0.6) is 0 Å². The molecule has 0 amide bonds. The molecule has 0 saturated heterocycles. The fourth-order valence-corrected chi connectivity index (χ4v) is 10.2. The standard InChI is InChI=1S/C52H43B8N/c53-42-27-43(54)46(55)47(56)44(42)45-48(57)50(59)52(51(60)49(45)58)61(32-21-17-28(18-22-32)40-25-30-9-1-3-11-34(30)36-13-5-7-15-38(36)40)33-23-19-29(20-24-33)41-26-31-10-2-4-12-35(31)37-14-6-8-16-39(37)41/h1-27H,53-60H2.